The number of hydrogen-bond donors (Lipinski definition) is 1. The Hall–Kier alpha value is -1.51. The number of ether oxygens (including phenoxy) is 1. The highest BCUT2D eigenvalue weighted by Gasteiger charge is 2.24. The molecule has 0 amide bonds. The standard InChI is InChI=1S/C11H13NO2/c1-12-9-2-5-11(8(6-9)7-13)14-10-3-4-10/h2,5-7,10,12H,3-4H2,1H3. The van der Waals surface area contributed by atoms with Crippen LogP contribution >= 0.6 is 0 Å². The van der Waals surface area contributed by atoms with E-state index in [1.165, 1.54) is 0 Å². The van der Waals surface area contributed by atoms with Crippen LogP contribution in [0.5, 0.6) is 5.75 Å². The maximum Gasteiger partial charge on any atom is 0.153 e. The van der Waals surface area contributed by atoms with Gasteiger partial charge in [-0.05, 0) is 31.0 Å². The lowest BCUT2D eigenvalue weighted by Crippen LogP contribution is -2.00. The molecule has 0 bridgehead atoms. The number of rotatable bonds is 4. The number of aldehydes is 1. The zero-order valence-electron chi connectivity index (χ0n) is 8.12. The third-order valence-corrected chi connectivity index (χ3v) is 2.24. The van der Waals surface area contributed by atoms with Crippen molar-refractivity contribution in [2.45, 2.75) is 18.9 Å². The van der Waals surface area contributed by atoms with E-state index < -0.39 is 0 Å². The van der Waals surface area contributed by atoms with Crippen LogP contribution < -0.4 is 10.1 Å². The van der Waals surface area contributed by atoms with Gasteiger partial charge in [0.05, 0.1) is 11.7 Å². The van der Waals surface area contributed by atoms with E-state index in [-0.39, 0.29) is 0 Å². The molecule has 1 aliphatic carbocycles. The first kappa shape index (κ1) is 9.06. The van der Waals surface area contributed by atoms with Crippen LogP contribution in [0.25, 0.3) is 0 Å². The van der Waals surface area contributed by atoms with Crippen molar-refractivity contribution in [3.63, 3.8) is 0 Å². The van der Waals surface area contributed by atoms with Crippen molar-refractivity contribution in [1.82, 2.24) is 0 Å². The Kier molecular flexibility index (Phi) is 2.39. The van der Waals surface area contributed by atoms with Gasteiger partial charge in [-0.25, -0.2) is 0 Å². The van der Waals surface area contributed by atoms with E-state index in [0.717, 1.165) is 24.8 Å². The Morgan fingerprint density at radius 3 is 2.86 bits per heavy atom. The second kappa shape index (κ2) is 3.70. The van der Waals surface area contributed by atoms with Crippen molar-refractivity contribution >= 4 is 12.0 Å². The van der Waals surface area contributed by atoms with Gasteiger partial charge < -0.3 is 10.1 Å². The summed E-state index contributed by atoms with van der Waals surface area (Å²) in [6, 6.07) is 5.54. The van der Waals surface area contributed by atoms with Gasteiger partial charge in [-0.3, -0.25) is 4.79 Å². The molecule has 1 fully saturated rings. The van der Waals surface area contributed by atoms with Crippen LogP contribution in [0, 0.1) is 0 Å². The van der Waals surface area contributed by atoms with E-state index in [1.54, 1.807) is 6.07 Å². The van der Waals surface area contributed by atoms with Crippen molar-refractivity contribution < 1.29 is 9.53 Å². The summed E-state index contributed by atoms with van der Waals surface area (Å²) in [5.41, 5.74) is 1.54. The van der Waals surface area contributed by atoms with Crippen LogP contribution in [0.15, 0.2) is 18.2 Å². The van der Waals surface area contributed by atoms with Crippen LogP contribution in [0.3, 0.4) is 0 Å². The molecule has 1 N–H and O–H groups in total. The third kappa shape index (κ3) is 1.87. The molecule has 14 heavy (non-hydrogen) atoms. The summed E-state index contributed by atoms with van der Waals surface area (Å²) < 4.78 is 5.59. The number of nitrogens with one attached hydrogen (secondary N) is 1. The minimum Gasteiger partial charge on any atom is -0.490 e. The second-order valence-electron chi connectivity index (χ2n) is 3.44. The second-order valence-corrected chi connectivity index (χ2v) is 3.44. The van der Waals surface area contributed by atoms with Gasteiger partial charge in [0.15, 0.2) is 6.29 Å². The predicted octanol–water partition coefficient (Wildman–Crippen LogP) is 2.08. The van der Waals surface area contributed by atoms with Gasteiger partial charge in [-0.2, -0.15) is 0 Å². The molecule has 0 aromatic heterocycles. The fourth-order valence-corrected chi connectivity index (χ4v) is 1.27. The van der Waals surface area contributed by atoms with Gasteiger partial charge in [0.25, 0.3) is 0 Å². The molecule has 74 valence electrons. The van der Waals surface area contributed by atoms with Gasteiger partial charge in [0.1, 0.15) is 5.75 Å². The van der Waals surface area contributed by atoms with Crippen molar-refractivity contribution in [2.24, 2.45) is 0 Å². The summed E-state index contributed by atoms with van der Waals surface area (Å²) in [4.78, 5) is 10.8. The van der Waals surface area contributed by atoms with Crippen molar-refractivity contribution in [3.8, 4) is 5.75 Å². The maximum absolute atomic E-state index is 10.8. The molecule has 1 aromatic carbocycles. The molecule has 0 radical (unpaired) electrons. The summed E-state index contributed by atoms with van der Waals surface area (Å²) in [5.74, 6) is 0.696. The van der Waals surface area contributed by atoms with Crippen LogP contribution in [-0.2, 0) is 0 Å². The first-order valence-electron chi connectivity index (χ1n) is 4.77. The average molecular weight is 191 g/mol. The fourth-order valence-electron chi connectivity index (χ4n) is 1.27. The van der Waals surface area contributed by atoms with E-state index in [1.807, 2.05) is 19.2 Å². The summed E-state index contributed by atoms with van der Waals surface area (Å²) in [6.07, 6.45) is 3.37. The molecular formula is C11H13NO2. The van der Waals surface area contributed by atoms with E-state index in [9.17, 15) is 4.79 Å². The van der Waals surface area contributed by atoms with Crippen molar-refractivity contribution in [3.05, 3.63) is 23.8 Å². The van der Waals surface area contributed by atoms with Gasteiger partial charge in [-0.1, -0.05) is 0 Å². The van der Waals surface area contributed by atoms with Crippen LogP contribution in [0.4, 0.5) is 5.69 Å². The minimum atomic E-state index is 0.328. The molecule has 1 saturated carbocycles. The Morgan fingerprint density at radius 1 is 1.50 bits per heavy atom. The molecule has 1 aliphatic rings. The van der Waals surface area contributed by atoms with Gasteiger partial charge in [0, 0.05) is 12.7 Å². The quantitative estimate of drug-likeness (QED) is 0.740. The first-order valence-corrected chi connectivity index (χ1v) is 4.77. The summed E-state index contributed by atoms with van der Waals surface area (Å²) >= 11 is 0. The molecule has 0 atom stereocenters. The van der Waals surface area contributed by atoms with E-state index in [0.29, 0.717) is 17.4 Å². The molecule has 3 heteroatoms. The van der Waals surface area contributed by atoms with Crippen LogP contribution in [-0.4, -0.2) is 19.4 Å². The Morgan fingerprint density at radius 2 is 2.29 bits per heavy atom. The number of benzene rings is 1. The summed E-state index contributed by atoms with van der Waals surface area (Å²) in [6.45, 7) is 0. The molecular weight excluding hydrogens is 178 g/mol. The maximum atomic E-state index is 10.8. The van der Waals surface area contributed by atoms with Crippen LogP contribution in [0.2, 0.25) is 0 Å². The van der Waals surface area contributed by atoms with Gasteiger partial charge in [-0.15, -0.1) is 0 Å². The Balaban J connectivity index is 2.23. The topological polar surface area (TPSA) is 38.3 Å². The van der Waals surface area contributed by atoms with Crippen LogP contribution in [0.1, 0.15) is 23.2 Å². The minimum absolute atomic E-state index is 0.328. The number of anilines is 1. The molecule has 2 rings (SSSR count). The summed E-state index contributed by atoms with van der Waals surface area (Å²) in [7, 11) is 1.82. The first-order chi connectivity index (χ1) is 6.83. The molecule has 0 saturated heterocycles. The lowest BCUT2D eigenvalue weighted by Gasteiger charge is -2.08. The normalized spacial score (nSPS) is 14.9. The number of carbonyl (C=O) groups excluding carboxylic acids is 1. The predicted molar refractivity (Wildman–Crippen MR) is 55.0 cm³/mol. The van der Waals surface area contributed by atoms with Crippen molar-refractivity contribution in [2.75, 3.05) is 12.4 Å². The Labute approximate surface area is 83.1 Å². The SMILES string of the molecule is CNc1ccc(OC2CC2)c(C=O)c1. The highest BCUT2D eigenvalue weighted by molar-refractivity contribution is 5.81. The highest BCUT2D eigenvalue weighted by atomic mass is 16.5. The lowest BCUT2D eigenvalue weighted by atomic mass is 10.2. The molecule has 1 aromatic rings. The van der Waals surface area contributed by atoms with E-state index in [4.69, 9.17) is 4.74 Å². The fraction of sp³-hybridized carbons (Fsp3) is 0.364. The van der Waals surface area contributed by atoms with Gasteiger partial charge >= 0.3 is 0 Å². The third-order valence-electron chi connectivity index (χ3n) is 2.24. The summed E-state index contributed by atoms with van der Waals surface area (Å²) in [5, 5.41) is 2.98. The van der Waals surface area contributed by atoms with Crippen molar-refractivity contribution in [1.29, 1.82) is 0 Å². The number of hydrogen-bond acceptors (Lipinski definition) is 3. The lowest BCUT2D eigenvalue weighted by molar-refractivity contribution is 0.111. The molecule has 3 nitrogen and oxygen atoms in total. The van der Waals surface area contributed by atoms with Gasteiger partial charge in [0.2, 0.25) is 0 Å². The largest absolute Gasteiger partial charge is 0.490 e. The monoisotopic (exact) mass is 191 g/mol. The zero-order valence-corrected chi connectivity index (χ0v) is 8.12. The molecule has 0 aliphatic heterocycles. The smallest absolute Gasteiger partial charge is 0.153 e. The zero-order chi connectivity index (χ0) is 9.97. The van der Waals surface area contributed by atoms with E-state index >= 15 is 0 Å². The average Bonchev–Trinajstić information content (AvgIpc) is 3.02. The highest BCUT2D eigenvalue weighted by Crippen LogP contribution is 2.29. The van der Waals surface area contributed by atoms with E-state index in [2.05, 4.69) is 5.32 Å². The Bertz CT molecular complexity index is 345. The molecule has 0 heterocycles. The number of carbonyl (C=O) groups is 1. The molecule has 0 spiro atoms. The molecule has 0 unspecified atom stereocenters.